The molecule has 2 heterocycles. The summed E-state index contributed by atoms with van der Waals surface area (Å²) in [5.41, 5.74) is 4.17. The average molecular weight is 442 g/mol. The van der Waals surface area contributed by atoms with Crippen molar-refractivity contribution in [3.8, 4) is 0 Å². The van der Waals surface area contributed by atoms with E-state index in [0.717, 1.165) is 55.8 Å². The molecule has 2 aromatic carbocycles. The van der Waals surface area contributed by atoms with Crippen molar-refractivity contribution in [3.63, 3.8) is 0 Å². The van der Waals surface area contributed by atoms with E-state index in [0.29, 0.717) is 5.92 Å². The van der Waals surface area contributed by atoms with E-state index in [4.69, 9.17) is 4.42 Å². The number of rotatable bonds is 6. The molecular weight excluding hydrogens is 410 g/mol. The molecule has 31 heavy (non-hydrogen) atoms. The second kappa shape index (κ2) is 10.2. The van der Waals surface area contributed by atoms with Crippen LogP contribution in [-0.2, 0) is 0 Å². The molecule has 166 valence electrons. The van der Waals surface area contributed by atoms with Crippen LogP contribution in [0.3, 0.4) is 0 Å². The normalized spacial score (nSPS) is 14.6. The maximum Gasteiger partial charge on any atom is 0.253 e. The fraction of sp³-hybridized carbons (Fsp3) is 0.400. The number of hydrogen-bond acceptors (Lipinski definition) is 4. The molecule has 4 rings (SSSR count). The molecule has 0 unspecified atom stereocenters. The highest BCUT2D eigenvalue weighted by Gasteiger charge is 2.20. The molecule has 1 saturated heterocycles. The van der Waals surface area contributed by atoms with Crippen LogP contribution < -0.4 is 4.90 Å². The topological polar surface area (TPSA) is 39.9 Å². The summed E-state index contributed by atoms with van der Waals surface area (Å²) in [7, 11) is 1.90. The minimum atomic E-state index is 0. The molecule has 3 aromatic rings. The van der Waals surface area contributed by atoms with E-state index in [1.165, 1.54) is 11.3 Å². The Morgan fingerprint density at radius 1 is 1.03 bits per heavy atom. The summed E-state index contributed by atoms with van der Waals surface area (Å²) in [6, 6.07) is 16.3. The first-order valence-corrected chi connectivity index (χ1v) is 10.8. The van der Waals surface area contributed by atoms with Gasteiger partial charge in [-0.25, -0.2) is 0 Å². The maximum atomic E-state index is 12.7. The van der Waals surface area contributed by atoms with E-state index in [1.54, 1.807) is 6.26 Å². The van der Waals surface area contributed by atoms with Gasteiger partial charge in [-0.1, -0.05) is 38.1 Å². The van der Waals surface area contributed by atoms with Crippen molar-refractivity contribution >= 4 is 35.0 Å². The zero-order chi connectivity index (χ0) is 21.1. The van der Waals surface area contributed by atoms with Crippen LogP contribution in [0.4, 0.5) is 5.69 Å². The predicted molar refractivity (Wildman–Crippen MR) is 130 cm³/mol. The van der Waals surface area contributed by atoms with E-state index < -0.39 is 0 Å². The van der Waals surface area contributed by atoms with Gasteiger partial charge in [0.05, 0.1) is 12.0 Å². The van der Waals surface area contributed by atoms with Gasteiger partial charge < -0.3 is 14.2 Å². The van der Waals surface area contributed by atoms with E-state index >= 15 is 0 Å². The fourth-order valence-corrected chi connectivity index (χ4v) is 4.06. The summed E-state index contributed by atoms with van der Waals surface area (Å²) in [5, 5.41) is 1.15. The summed E-state index contributed by atoms with van der Waals surface area (Å²) in [4.78, 5) is 19.4. The highest BCUT2D eigenvalue weighted by atomic mass is 35.5. The predicted octanol–water partition coefficient (Wildman–Crippen LogP) is 4.87. The summed E-state index contributed by atoms with van der Waals surface area (Å²) < 4.78 is 5.70. The number of halogens is 1. The van der Waals surface area contributed by atoms with Crippen molar-refractivity contribution in [2.75, 3.05) is 51.2 Å². The van der Waals surface area contributed by atoms with Crippen LogP contribution in [0.1, 0.15) is 35.7 Å². The van der Waals surface area contributed by atoms with Gasteiger partial charge >= 0.3 is 0 Å². The number of nitrogens with zero attached hydrogens (tertiary/aromatic N) is 3. The van der Waals surface area contributed by atoms with Crippen molar-refractivity contribution in [2.24, 2.45) is 0 Å². The van der Waals surface area contributed by atoms with Crippen molar-refractivity contribution < 1.29 is 9.21 Å². The molecule has 1 aliphatic rings. The second-order valence-electron chi connectivity index (χ2n) is 8.45. The summed E-state index contributed by atoms with van der Waals surface area (Å²) in [6.45, 7) is 9.87. The quantitative estimate of drug-likeness (QED) is 0.547. The van der Waals surface area contributed by atoms with Gasteiger partial charge in [-0.15, -0.1) is 12.4 Å². The van der Waals surface area contributed by atoms with Crippen LogP contribution in [0.5, 0.6) is 0 Å². The number of carbonyl (C=O) groups is 1. The SMILES string of the molecule is CC(C)c1ccc(C(=O)N(C)CCN2CCN(c3cccc4ccoc34)CC2)cc1.Cl. The Balaban J connectivity index is 0.00000272. The molecule has 1 aromatic heterocycles. The largest absolute Gasteiger partial charge is 0.462 e. The number of carbonyl (C=O) groups excluding carboxylic acids is 1. The highest BCUT2D eigenvalue weighted by Crippen LogP contribution is 2.28. The summed E-state index contributed by atoms with van der Waals surface area (Å²) in [6.07, 6.45) is 1.76. The van der Waals surface area contributed by atoms with Gasteiger partial charge in [0.15, 0.2) is 5.58 Å². The molecule has 5 nitrogen and oxygen atoms in total. The second-order valence-corrected chi connectivity index (χ2v) is 8.45. The number of amides is 1. The van der Waals surface area contributed by atoms with Crippen LogP contribution in [0.25, 0.3) is 11.0 Å². The first-order valence-electron chi connectivity index (χ1n) is 10.8. The summed E-state index contributed by atoms with van der Waals surface area (Å²) >= 11 is 0. The molecule has 1 aliphatic heterocycles. The first kappa shape index (κ1) is 23.2. The number of benzene rings is 2. The minimum Gasteiger partial charge on any atom is -0.462 e. The average Bonchev–Trinajstić information content (AvgIpc) is 3.26. The number of piperazine rings is 1. The van der Waals surface area contributed by atoms with Gasteiger partial charge in [0.25, 0.3) is 5.91 Å². The van der Waals surface area contributed by atoms with Crippen molar-refractivity contribution in [3.05, 3.63) is 65.9 Å². The Labute approximate surface area is 191 Å². The maximum absolute atomic E-state index is 12.7. The summed E-state index contributed by atoms with van der Waals surface area (Å²) in [5.74, 6) is 0.568. The van der Waals surface area contributed by atoms with Crippen molar-refractivity contribution in [2.45, 2.75) is 19.8 Å². The molecule has 0 saturated carbocycles. The minimum absolute atomic E-state index is 0. The zero-order valence-corrected chi connectivity index (χ0v) is 19.4. The standard InChI is InChI=1S/C25H31N3O2.ClH/c1-19(2)20-7-9-22(10-8-20)25(29)26(3)12-13-27-14-16-28(17-15-27)23-6-4-5-21-11-18-30-24(21)23;/h4-11,18-19H,12-17H2,1-3H3;1H. The Kier molecular flexibility index (Phi) is 7.63. The molecule has 0 radical (unpaired) electrons. The Hall–Kier alpha value is -2.50. The molecular formula is C25H32ClN3O2. The number of fused-ring (bicyclic) bond motifs is 1. The van der Waals surface area contributed by atoms with E-state index in [2.05, 4.69) is 54.0 Å². The monoisotopic (exact) mass is 441 g/mol. The Morgan fingerprint density at radius 3 is 2.42 bits per heavy atom. The molecule has 0 aliphatic carbocycles. The number of hydrogen-bond donors (Lipinski definition) is 0. The Bertz CT molecular complexity index is 991. The number of anilines is 1. The van der Waals surface area contributed by atoms with Crippen LogP contribution in [-0.4, -0.2) is 62.0 Å². The third kappa shape index (κ3) is 5.23. The lowest BCUT2D eigenvalue weighted by atomic mass is 10.0. The zero-order valence-electron chi connectivity index (χ0n) is 18.6. The smallest absolute Gasteiger partial charge is 0.253 e. The van der Waals surface area contributed by atoms with Gasteiger partial charge in [-0.05, 0) is 35.7 Å². The molecule has 6 heteroatoms. The molecule has 0 spiro atoms. The molecule has 1 amide bonds. The number of furan rings is 1. The van der Waals surface area contributed by atoms with E-state index in [-0.39, 0.29) is 18.3 Å². The highest BCUT2D eigenvalue weighted by molar-refractivity contribution is 5.94. The van der Waals surface area contributed by atoms with Crippen LogP contribution in [0, 0.1) is 0 Å². The molecule has 0 N–H and O–H groups in total. The first-order chi connectivity index (χ1) is 14.5. The van der Waals surface area contributed by atoms with Crippen LogP contribution in [0.15, 0.2) is 59.2 Å². The molecule has 0 bridgehead atoms. The van der Waals surface area contributed by atoms with Crippen LogP contribution >= 0.6 is 12.4 Å². The Morgan fingerprint density at radius 2 is 1.74 bits per heavy atom. The third-order valence-corrected chi connectivity index (χ3v) is 6.09. The van der Waals surface area contributed by atoms with Crippen molar-refractivity contribution in [1.82, 2.24) is 9.80 Å². The lowest BCUT2D eigenvalue weighted by molar-refractivity contribution is 0.0776. The van der Waals surface area contributed by atoms with Gasteiger partial charge in [-0.2, -0.15) is 0 Å². The van der Waals surface area contributed by atoms with Gasteiger partial charge in [0.1, 0.15) is 0 Å². The van der Waals surface area contributed by atoms with Crippen molar-refractivity contribution in [1.29, 1.82) is 0 Å². The van der Waals surface area contributed by atoms with Gasteiger partial charge in [0.2, 0.25) is 0 Å². The third-order valence-electron chi connectivity index (χ3n) is 6.09. The lowest BCUT2D eigenvalue weighted by Crippen LogP contribution is -2.48. The number of para-hydroxylation sites is 1. The van der Waals surface area contributed by atoms with Gasteiger partial charge in [-0.3, -0.25) is 9.69 Å². The number of likely N-dealkylation sites (N-methyl/N-ethyl adjacent to an activating group) is 1. The molecule has 0 atom stereocenters. The fourth-order valence-electron chi connectivity index (χ4n) is 4.06. The van der Waals surface area contributed by atoms with E-state index in [1.807, 2.05) is 30.1 Å². The lowest BCUT2D eigenvalue weighted by Gasteiger charge is -2.36. The van der Waals surface area contributed by atoms with E-state index in [9.17, 15) is 4.79 Å². The molecule has 1 fully saturated rings. The van der Waals surface area contributed by atoms with Gasteiger partial charge in [0, 0.05) is 57.3 Å². The van der Waals surface area contributed by atoms with Crippen LogP contribution in [0.2, 0.25) is 0 Å².